The molecule has 0 bridgehead atoms. The van der Waals surface area contributed by atoms with Crippen LogP contribution >= 0.6 is 20.7 Å². The average Bonchev–Trinajstić information content (AvgIpc) is 2.72. The van der Waals surface area contributed by atoms with Gasteiger partial charge in [-0.05, 0) is 32.9 Å². The molecule has 1 aromatic carbocycles. The van der Waals surface area contributed by atoms with E-state index in [9.17, 15) is 9.50 Å². The van der Waals surface area contributed by atoms with E-state index in [1.165, 1.54) is 6.07 Å². The number of benzene rings is 1. The summed E-state index contributed by atoms with van der Waals surface area (Å²) >= 11 is -0.595. The third kappa shape index (κ3) is 1.93. The lowest BCUT2D eigenvalue weighted by molar-refractivity contribution is 0.147. The zero-order valence-electron chi connectivity index (χ0n) is 8.68. The molecule has 0 aromatic heterocycles. The van der Waals surface area contributed by atoms with Crippen molar-refractivity contribution in [2.45, 2.75) is 4.11 Å². The minimum Gasteiger partial charge on any atom is -0.381 e. The first kappa shape index (κ1) is 11.0. The van der Waals surface area contributed by atoms with Crippen LogP contribution < -0.4 is 0 Å². The number of aliphatic hydroxyl groups is 1. The summed E-state index contributed by atoms with van der Waals surface area (Å²) < 4.78 is 14.0. The fourth-order valence-electron chi connectivity index (χ4n) is 1.85. The SMILES string of the molecule is OC1=IC2ON=C(c3ccccc3F)C2C=C1. The van der Waals surface area contributed by atoms with E-state index in [0.717, 1.165) is 0 Å². The third-order valence-corrected chi connectivity index (χ3v) is 5.27. The highest BCUT2D eigenvalue weighted by Crippen LogP contribution is 2.35. The van der Waals surface area contributed by atoms with E-state index in [1.54, 1.807) is 24.3 Å². The van der Waals surface area contributed by atoms with Crippen LogP contribution in [0.2, 0.25) is 0 Å². The molecule has 2 heterocycles. The van der Waals surface area contributed by atoms with E-state index in [-0.39, 0.29) is 15.8 Å². The van der Waals surface area contributed by atoms with Crippen molar-refractivity contribution in [2.24, 2.45) is 11.1 Å². The molecule has 2 atom stereocenters. The Balaban J connectivity index is 1.98. The Labute approximate surface area is 107 Å². The van der Waals surface area contributed by atoms with Crippen LogP contribution in [-0.4, -0.2) is 18.6 Å². The van der Waals surface area contributed by atoms with Gasteiger partial charge in [-0.3, -0.25) is 0 Å². The monoisotopic (exact) mass is 345 g/mol. The minimum atomic E-state index is -0.595. The largest absolute Gasteiger partial charge is 0.381 e. The van der Waals surface area contributed by atoms with Crippen molar-refractivity contribution in [1.82, 2.24) is 0 Å². The van der Waals surface area contributed by atoms with Gasteiger partial charge < -0.3 is 9.94 Å². The van der Waals surface area contributed by atoms with Crippen molar-refractivity contribution >= 4 is 30.1 Å². The summed E-state index contributed by atoms with van der Waals surface area (Å²) in [6.07, 6.45) is 3.51. The molecule has 2 unspecified atom stereocenters. The second kappa shape index (κ2) is 4.30. The van der Waals surface area contributed by atoms with Crippen molar-refractivity contribution in [2.75, 3.05) is 0 Å². The molecule has 2 aliphatic heterocycles. The van der Waals surface area contributed by atoms with Crippen LogP contribution in [0.5, 0.6) is 0 Å². The second-order valence-corrected chi connectivity index (χ2v) is 6.69. The number of aliphatic hydroxyl groups excluding tert-OH is 1. The summed E-state index contributed by atoms with van der Waals surface area (Å²) in [5.74, 6) is -0.323. The molecule has 1 N–H and O–H groups in total. The van der Waals surface area contributed by atoms with E-state index >= 15 is 0 Å². The number of halogens is 2. The normalized spacial score (nSPS) is 26.5. The van der Waals surface area contributed by atoms with E-state index < -0.39 is 20.7 Å². The molecule has 0 radical (unpaired) electrons. The molecule has 88 valence electrons. The van der Waals surface area contributed by atoms with Crippen LogP contribution in [0.4, 0.5) is 4.39 Å². The molecule has 0 saturated carbocycles. The molecule has 0 amide bonds. The Bertz CT molecular complexity index is 553. The first-order valence-electron chi connectivity index (χ1n) is 5.12. The van der Waals surface area contributed by atoms with Crippen molar-refractivity contribution in [3.05, 3.63) is 47.8 Å². The maximum absolute atomic E-state index is 13.7. The van der Waals surface area contributed by atoms with Gasteiger partial charge >= 0.3 is 0 Å². The van der Waals surface area contributed by atoms with Gasteiger partial charge in [0.15, 0.2) is 4.11 Å². The zero-order chi connectivity index (χ0) is 11.8. The van der Waals surface area contributed by atoms with Crippen LogP contribution in [0.15, 0.2) is 41.6 Å². The average molecular weight is 345 g/mol. The summed E-state index contributed by atoms with van der Waals surface area (Å²) in [4.78, 5) is 5.29. The molecule has 0 spiro atoms. The van der Waals surface area contributed by atoms with Crippen molar-refractivity contribution < 1.29 is 14.3 Å². The van der Waals surface area contributed by atoms with E-state index in [4.69, 9.17) is 4.84 Å². The molecule has 17 heavy (non-hydrogen) atoms. The van der Waals surface area contributed by atoms with Gasteiger partial charge in [-0.15, -0.1) is 0 Å². The Morgan fingerprint density at radius 3 is 3.00 bits per heavy atom. The number of hydrogen-bond acceptors (Lipinski definition) is 3. The third-order valence-electron chi connectivity index (χ3n) is 2.66. The molecule has 5 heteroatoms. The second-order valence-electron chi connectivity index (χ2n) is 3.73. The van der Waals surface area contributed by atoms with Crippen LogP contribution in [0.3, 0.4) is 0 Å². The molecule has 1 aromatic rings. The highest BCUT2D eigenvalue weighted by molar-refractivity contribution is 14.2. The molecule has 0 aliphatic carbocycles. The Hall–Kier alpha value is -1.08. The standard InChI is InChI=1S/C12H9FINO2/c13-9-4-2-1-3-7(9)11-8-5-6-10(16)14-12(8)17-15-11/h1-6,8,12,16H. The van der Waals surface area contributed by atoms with Gasteiger partial charge in [0.2, 0.25) is 0 Å². The molecule has 0 saturated heterocycles. The summed E-state index contributed by atoms with van der Waals surface area (Å²) in [5, 5.41) is 13.4. The molecule has 3 rings (SSSR count). The number of fused-ring (bicyclic) bond motifs is 1. The Morgan fingerprint density at radius 2 is 2.18 bits per heavy atom. The topological polar surface area (TPSA) is 41.8 Å². The summed E-state index contributed by atoms with van der Waals surface area (Å²) in [6.45, 7) is 0. The minimum absolute atomic E-state index is 0.0319. The molecule has 0 fully saturated rings. The zero-order valence-corrected chi connectivity index (χ0v) is 10.8. The van der Waals surface area contributed by atoms with Gasteiger partial charge in [0.25, 0.3) is 0 Å². The number of nitrogens with zero attached hydrogens (tertiary/aromatic N) is 1. The van der Waals surface area contributed by atoms with Gasteiger partial charge in [0.1, 0.15) is 15.2 Å². The highest BCUT2D eigenvalue weighted by atomic mass is 127. The van der Waals surface area contributed by atoms with Crippen LogP contribution in [-0.2, 0) is 4.84 Å². The van der Waals surface area contributed by atoms with Crippen molar-refractivity contribution in [3.63, 3.8) is 0 Å². The molecular formula is C12H9FINO2. The van der Waals surface area contributed by atoms with E-state index in [2.05, 4.69) is 5.16 Å². The number of hydrogen-bond donors (Lipinski definition) is 1. The quantitative estimate of drug-likeness (QED) is 0.628. The maximum atomic E-state index is 13.7. The van der Waals surface area contributed by atoms with Gasteiger partial charge in [-0.2, -0.15) is 0 Å². The summed E-state index contributed by atoms with van der Waals surface area (Å²) in [7, 11) is 0. The predicted molar refractivity (Wildman–Crippen MR) is 71.4 cm³/mol. The predicted octanol–water partition coefficient (Wildman–Crippen LogP) is 2.55. The summed E-state index contributed by atoms with van der Waals surface area (Å²) in [5.41, 5.74) is 1.10. The van der Waals surface area contributed by atoms with Gasteiger partial charge in [0, 0.05) is 5.56 Å². The fraction of sp³-hybridized carbons (Fsp3) is 0.167. The summed E-state index contributed by atoms with van der Waals surface area (Å²) in [6, 6.07) is 6.54. The van der Waals surface area contributed by atoms with Crippen LogP contribution in [0.25, 0.3) is 0 Å². The number of oxime groups is 1. The highest BCUT2D eigenvalue weighted by Gasteiger charge is 2.35. The fourth-order valence-corrected chi connectivity index (χ4v) is 4.09. The number of rotatable bonds is 1. The van der Waals surface area contributed by atoms with Crippen molar-refractivity contribution in [3.8, 4) is 0 Å². The van der Waals surface area contributed by atoms with Gasteiger partial charge in [-0.1, -0.05) is 29.4 Å². The van der Waals surface area contributed by atoms with E-state index in [0.29, 0.717) is 15.0 Å². The Kier molecular flexibility index (Phi) is 2.79. The Morgan fingerprint density at radius 1 is 1.35 bits per heavy atom. The first-order valence-corrected chi connectivity index (χ1v) is 7.44. The van der Waals surface area contributed by atoms with Crippen LogP contribution in [0.1, 0.15) is 5.56 Å². The molecular weight excluding hydrogens is 336 g/mol. The first-order chi connectivity index (χ1) is 8.25. The van der Waals surface area contributed by atoms with Gasteiger partial charge in [-0.25, -0.2) is 4.39 Å². The molecule has 3 nitrogen and oxygen atoms in total. The lowest BCUT2D eigenvalue weighted by Crippen LogP contribution is -2.21. The smallest absolute Gasteiger partial charge is 0.186 e. The van der Waals surface area contributed by atoms with Gasteiger partial charge in [0.05, 0.1) is 5.92 Å². The van der Waals surface area contributed by atoms with Crippen molar-refractivity contribution in [1.29, 1.82) is 0 Å². The lowest BCUT2D eigenvalue weighted by Gasteiger charge is -2.15. The lowest BCUT2D eigenvalue weighted by atomic mass is 9.97. The van der Waals surface area contributed by atoms with E-state index in [1.807, 2.05) is 6.08 Å². The van der Waals surface area contributed by atoms with Crippen LogP contribution in [0, 0.1) is 11.7 Å². The molecule has 2 aliphatic rings. The maximum Gasteiger partial charge on any atom is 0.186 e. The number of alkyl halides is 1.